The number of likely N-dealkylation sites (tertiary alicyclic amines) is 1. The van der Waals surface area contributed by atoms with E-state index >= 15 is 0 Å². The summed E-state index contributed by atoms with van der Waals surface area (Å²) in [5.41, 5.74) is 0.762. The Morgan fingerprint density at radius 2 is 2.33 bits per heavy atom. The second-order valence-corrected chi connectivity index (χ2v) is 5.23. The molecular weight excluding hydrogens is 300 g/mol. The average Bonchev–Trinajstić information content (AvgIpc) is 2.34. The van der Waals surface area contributed by atoms with Crippen LogP contribution in [0.2, 0.25) is 0 Å². The maximum absolute atomic E-state index is 11.7. The number of piperidine rings is 1. The third-order valence-electron chi connectivity index (χ3n) is 2.99. The number of hydrogen-bond donors (Lipinski definition) is 1. The number of carboxylic acid groups (broad SMARTS) is 1. The zero-order valence-corrected chi connectivity index (χ0v) is 11.3. The predicted molar refractivity (Wildman–Crippen MR) is 67.7 cm³/mol. The molecule has 1 N–H and O–H groups in total. The van der Waals surface area contributed by atoms with Crippen LogP contribution in [0.5, 0.6) is 0 Å². The van der Waals surface area contributed by atoms with Gasteiger partial charge in [-0.25, -0.2) is 0 Å². The Bertz CT molecular complexity index is 461. The molecule has 1 unspecified atom stereocenters. The van der Waals surface area contributed by atoms with Crippen molar-refractivity contribution in [1.82, 2.24) is 9.88 Å². The van der Waals surface area contributed by atoms with E-state index in [-0.39, 0.29) is 12.5 Å². The van der Waals surface area contributed by atoms with Gasteiger partial charge in [0.25, 0.3) is 0 Å². The molecule has 1 atom stereocenters. The van der Waals surface area contributed by atoms with Gasteiger partial charge >= 0.3 is 5.97 Å². The van der Waals surface area contributed by atoms with Crippen molar-refractivity contribution >= 4 is 27.8 Å². The molecule has 0 bridgehead atoms. The molecule has 1 fully saturated rings. The molecule has 18 heavy (non-hydrogen) atoms. The van der Waals surface area contributed by atoms with E-state index in [0.29, 0.717) is 19.4 Å². The Kier molecular flexibility index (Phi) is 3.96. The number of halogens is 1. The highest BCUT2D eigenvalue weighted by molar-refractivity contribution is 9.10. The molecule has 1 saturated heterocycles. The Morgan fingerprint density at radius 3 is 2.94 bits per heavy atom. The summed E-state index contributed by atoms with van der Waals surface area (Å²) in [6, 6.07) is 3.67. The highest BCUT2D eigenvalue weighted by atomic mass is 79.9. The van der Waals surface area contributed by atoms with Crippen LogP contribution in [-0.2, 0) is 16.1 Å². The van der Waals surface area contributed by atoms with Crippen molar-refractivity contribution in [2.45, 2.75) is 19.4 Å². The van der Waals surface area contributed by atoms with E-state index in [4.69, 9.17) is 5.11 Å². The van der Waals surface area contributed by atoms with Crippen molar-refractivity contribution in [3.8, 4) is 0 Å². The summed E-state index contributed by atoms with van der Waals surface area (Å²) < 4.78 is 0.875. The van der Waals surface area contributed by atoms with Crippen LogP contribution in [0.15, 0.2) is 22.8 Å². The second kappa shape index (κ2) is 5.48. The van der Waals surface area contributed by atoms with Gasteiger partial charge < -0.3 is 10.0 Å². The first-order valence-electron chi connectivity index (χ1n) is 5.67. The molecule has 6 heteroatoms. The molecule has 5 nitrogen and oxygen atoms in total. The first-order chi connectivity index (χ1) is 8.56. The van der Waals surface area contributed by atoms with Crippen LogP contribution in [0, 0.1) is 5.92 Å². The van der Waals surface area contributed by atoms with Crippen molar-refractivity contribution in [3.05, 3.63) is 28.5 Å². The van der Waals surface area contributed by atoms with E-state index in [1.807, 2.05) is 12.1 Å². The lowest BCUT2D eigenvalue weighted by Gasteiger charge is -2.30. The lowest BCUT2D eigenvalue weighted by molar-refractivity contribution is -0.147. The summed E-state index contributed by atoms with van der Waals surface area (Å²) >= 11 is 3.29. The molecule has 1 aromatic heterocycles. The maximum atomic E-state index is 11.7. The van der Waals surface area contributed by atoms with Crippen LogP contribution in [0.25, 0.3) is 0 Å². The predicted octanol–water partition coefficient (Wildman–Crippen LogP) is 1.67. The molecular formula is C12H13BrN2O3. The first kappa shape index (κ1) is 13.0. The van der Waals surface area contributed by atoms with Gasteiger partial charge in [-0.3, -0.25) is 14.6 Å². The van der Waals surface area contributed by atoms with Gasteiger partial charge in [0.2, 0.25) is 5.91 Å². The molecule has 0 radical (unpaired) electrons. The first-order valence-corrected chi connectivity index (χ1v) is 6.46. The fourth-order valence-corrected chi connectivity index (χ4v) is 2.20. The van der Waals surface area contributed by atoms with E-state index in [9.17, 15) is 9.59 Å². The number of carbonyl (C=O) groups excluding carboxylic acids is 1. The van der Waals surface area contributed by atoms with E-state index in [1.54, 1.807) is 11.1 Å². The zero-order valence-electron chi connectivity index (χ0n) is 9.67. The summed E-state index contributed by atoms with van der Waals surface area (Å²) in [5.74, 6) is -1.30. The number of pyridine rings is 1. The Balaban J connectivity index is 2.04. The van der Waals surface area contributed by atoms with Crippen molar-refractivity contribution in [1.29, 1.82) is 0 Å². The van der Waals surface area contributed by atoms with Gasteiger partial charge in [-0.15, -0.1) is 0 Å². The van der Waals surface area contributed by atoms with Gasteiger partial charge in [0.15, 0.2) is 0 Å². The molecule has 1 aliphatic heterocycles. The molecule has 2 heterocycles. The number of rotatable bonds is 3. The van der Waals surface area contributed by atoms with Gasteiger partial charge in [0, 0.05) is 23.6 Å². The third-order valence-corrected chi connectivity index (χ3v) is 3.46. The lowest BCUT2D eigenvalue weighted by atomic mass is 9.97. The highest BCUT2D eigenvalue weighted by Crippen LogP contribution is 2.19. The molecule has 0 spiro atoms. The van der Waals surface area contributed by atoms with E-state index in [2.05, 4.69) is 20.9 Å². The fourth-order valence-electron chi connectivity index (χ4n) is 1.96. The van der Waals surface area contributed by atoms with Crippen molar-refractivity contribution in [3.63, 3.8) is 0 Å². The monoisotopic (exact) mass is 312 g/mol. The third kappa shape index (κ3) is 3.07. The summed E-state index contributed by atoms with van der Waals surface area (Å²) in [5, 5.41) is 8.98. The van der Waals surface area contributed by atoms with Crippen molar-refractivity contribution < 1.29 is 14.7 Å². The van der Waals surface area contributed by atoms with Crippen molar-refractivity contribution in [2.24, 2.45) is 5.92 Å². The van der Waals surface area contributed by atoms with Gasteiger partial charge in [-0.05, 0) is 34.5 Å². The highest BCUT2D eigenvalue weighted by Gasteiger charge is 2.30. The quantitative estimate of drug-likeness (QED) is 0.921. The molecule has 1 amide bonds. The van der Waals surface area contributed by atoms with Crippen LogP contribution < -0.4 is 0 Å². The minimum Gasteiger partial charge on any atom is -0.481 e. The number of aliphatic carboxylic acids is 1. The topological polar surface area (TPSA) is 70.5 Å². The van der Waals surface area contributed by atoms with E-state index in [1.165, 1.54) is 0 Å². The number of aromatic nitrogens is 1. The molecule has 1 aliphatic rings. The van der Waals surface area contributed by atoms with Crippen LogP contribution in [0.3, 0.4) is 0 Å². The van der Waals surface area contributed by atoms with Gasteiger partial charge in [-0.2, -0.15) is 0 Å². The number of nitrogens with zero attached hydrogens (tertiary/aromatic N) is 2. The molecule has 96 valence electrons. The molecule has 0 aliphatic carbocycles. The minimum absolute atomic E-state index is 0.00258. The summed E-state index contributed by atoms with van der Waals surface area (Å²) in [6.45, 7) is 0.641. The average molecular weight is 313 g/mol. The number of carboxylic acids is 1. The SMILES string of the molecule is O=C(O)C1CCC(=O)N(Cc2ccc(Br)cn2)C1. The minimum atomic E-state index is -0.837. The van der Waals surface area contributed by atoms with Gasteiger partial charge in [-0.1, -0.05) is 0 Å². The van der Waals surface area contributed by atoms with Crippen LogP contribution in [-0.4, -0.2) is 33.4 Å². The second-order valence-electron chi connectivity index (χ2n) is 4.32. The van der Waals surface area contributed by atoms with Gasteiger partial charge in [0.05, 0.1) is 18.2 Å². The summed E-state index contributed by atoms with van der Waals surface area (Å²) in [6.07, 6.45) is 2.39. The molecule has 0 saturated carbocycles. The fraction of sp³-hybridized carbons (Fsp3) is 0.417. The Labute approximate surface area is 113 Å². The summed E-state index contributed by atoms with van der Waals surface area (Å²) in [7, 11) is 0. The lowest BCUT2D eigenvalue weighted by Crippen LogP contribution is -2.42. The Morgan fingerprint density at radius 1 is 1.56 bits per heavy atom. The summed E-state index contributed by atoms with van der Waals surface area (Å²) in [4.78, 5) is 28.4. The zero-order chi connectivity index (χ0) is 13.1. The number of carbonyl (C=O) groups is 2. The number of amides is 1. The molecule has 2 rings (SSSR count). The Hall–Kier alpha value is -1.43. The standard InChI is InChI=1S/C12H13BrN2O3/c13-9-2-3-10(14-5-9)7-15-6-8(12(17)18)1-4-11(15)16/h2-3,5,8H,1,4,6-7H2,(H,17,18). The molecule has 1 aromatic rings. The van der Waals surface area contributed by atoms with E-state index in [0.717, 1.165) is 10.2 Å². The maximum Gasteiger partial charge on any atom is 0.308 e. The van der Waals surface area contributed by atoms with E-state index < -0.39 is 11.9 Å². The smallest absolute Gasteiger partial charge is 0.308 e. The van der Waals surface area contributed by atoms with Crippen molar-refractivity contribution in [2.75, 3.05) is 6.54 Å². The number of hydrogen-bond acceptors (Lipinski definition) is 3. The normalized spacial score (nSPS) is 19.9. The van der Waals surface area contributed by atoms with Crippen LogP contribution in [0.1, 0.15) is 18.5 Å². The van der Waals surface area contributed by atoms with Crippen LogP contribution in [0.4, 0.5) is 0 Å². The van der Waals surface area contributed by atoms with Gasteiger partial charge in [0.1, 0.15) is 0 Å². The van der Waals surface area contributed by atoms with Crippen LogP contribution >= 0.6 is 15.9 Å². The molecule has 0 aromatic carbocycles. The largest absolute Gasteiger partial charge is 0.481 e.